The highest BCUT2D eigenvalue weighted by molar-refractivity contribution is 6.31. The Kier molecular flexibility index (Phi) is 4.73. The van der Waals surface area contributed by atoms with E-state index in [4.69, 9.17) is 5.11 Å². The summed E-state index contributed by atoms with van der Waals surface area (Å²) in [4.78, 5) is 25.3. The van der Waals surface area contributed by atoms with Gasteiger partial charge in [0.25, 0.3) is 5.91 Å². The Bertz CT molecular complexity index is 948. The Labute approximate surface area is 161 Å². The minimum atomic E-state index is -0.718. The zero-order valence-electron chi connectivity index (χ0n) is 15.1. The lowest BCUT2D eigenvalue weighted by molar-refractivity contribution is -0.142. The van der Waals surface area contributed by atoms with Crippen LogP contribution >= 0.6 is 0 Å². The Morgan fingerprint density at radius 3 is 2.57 bits per heavy atom. The molecule has 0 unspecified atom stereocenters. The molecule has 1 amide bonds. The molecule has 0 radical (unpaired) electrons. The summed E-state index contributed by atoms with van der Waals surface area (Å²) in [6.45, 7) is 1.44. The molecule has 6 nitrogen and oxygen atoms in total. The van der Waals surface area contributed by atoms with Gasteiger partial charge in [-0.05, 0) is 55.3 Å². The van der Waals surface area contributed by atoms with Crippen LogP contribution < -0.4 is 15.5 Å². The van der Waals surface area contributed by atoms with Crippen LogP contribution in [0.3, 0.4) is 0 Å². The number of amides is 1. The van der Waals surface area contributed by atoms with E-state index >= 15 is 0 Å². The molecule has 2 aliphatic rings. The summed E-state index contributed by atoms with van der Waals surface area (Å²) in [7, 11) is 0. The van der Waals surface area contributed by atoms with Gasteiger partial charge in [-0.2, -0.15) is 0 Å². The fraction of sp³-hybridized carbons (Fsp3) is 0.238. The highest BCUT2D eigenvalue weighted by atomic mass is 19.1. The van der Waals surface area contributed by atoms with Crippen LogP contribution in [0.4, 0.5) is 21.5 Å². The van der Waals surface area contributed by atoms with Crippen molar-refractivity contribution in [3.8, 4) is 0 Å². The van der Waals surface area contributed by atoms with E-state index in [0.29, 0.717) is 29.7 Å². The molecular weight excluding hydrogens is 361 g/mol. The normalized spacial score (nSPS) is 18.1. The number of piperidine rings is 1. The molecule has 0 spiro atoms. The number of benzene rings is 2. The molecule has 2 heterocycles. The van der Waals surface area contributed by atoms with Crippen LogP contribution in [0.2, 0.25) is 0 Å². The van der Waals surface area contributed by atoms with Crippen LogP contribution in [0.25, 0.3) is 5.57 Å². The number of carbonyl (C=O) groups is 2. The third-order valence-corrected chi connectivity index (χ3v) is 5.22. The zero-order valence-corrected chi connectivity index (χ0v) is 15.1. The summed E-state index contributed by atoms with van der Waals surface area (Å²) in [5.41, 5.74) is 3.35. The number of anilines is 3. The molecule has 1 fully saturated rings. The van der Waals surface area contributed by atoms with Crippen molar-refractivity contribution in [3.63, 3.8) is 0 Å². The first kappa shape index (κ1) is 18.0. The summed E-state index contributed by atoms with van der Waals surface area (Å²) in [5.74, 6) is -1.64. The number of hydrogen-bond acceptors (Lipinski definition) is 4. The maximum Gasteiger partial charge on any atom is 0.306 e. The lowest BCUT2D eigenvalue weighted by Gasteiger charge is -2.32. The molecule has 0 aromatic heterocycles. The van der Waals surface area contributed by atoms with Crippen molar-refractivity contribution in [1.29, 1.82) is 0 Å². The number of aliphatic carboxylic acids is 1. The Balaban J connectivity index is 1.43. The molecule has 28 heavy (non-hydrogen) atoms. The summed E-state index contributed by atoms with van der Waals surface area (Å²) >= 11 is 0. The van der Waals surface area contributed by atoms with Gasteiger partial charge in [0.1, 0.15) is 5.82 Å². The Morgan fingerprint density at radius 1 is 1.18 bits per heavy atom. The molecule has 0 atom stereocenters. The molecule has 2 aromatic carbocycles. The molecule has 144 valence electrons. The van der Waals surface area contributed by atoms with Crippen LogP contribution in [0.15, 0.2) is 48.7 Å². The molecular formula is C21H20FN3O3. The molecule has 7 heteroatoms. The minimum Gasteiger partial charge on any atom is -0.481 e. The molecule has 0 bridgehead atoms. The van der Waals surface area contributed by atoms with Crippen LogP contribution in [0.1, 0.15) is 18.4 Å². The number of halogens is 1. The standard InChI is InChI=1S/C21H20FN3O3/c22-14-1-6-19-17(11-14)18(20(26)24-19)12-23-15-2-4-16(5-3-15)25-9-7-13(8-10-25)21(27)28/h1-6,11-13,23H,7-10H2,(H,24,26)(H,27,28). The topological polar surface area (TPSA) is 81.7 Å². The molecule has 1 saturated heterocycles. The smallest absolute Gasteiger partial charge is 0.306 e. The van der Waals surface area contributed by atoms with Crippen LogP contribution in [-0.2, 0) is 9.59 Å². The Hall–Kier alpha value is -3.35. The number of rotatable bonds is 4. The quantitative estimate of drug-likeness (QED) is 0.706. The fourth-order valence-electron chi connectivity index (χ4n) is 3.61. The number of carboxylic acids is 1. The third kappa shape index (κ3) is 3.55. The summed E-state index contributed by atoms with van der Waals surface area (Å²) < 4.78 is 13.5. The van der Waals surface area contributed by atoms with Crippen molar-refractivity contribution in [2.45, 2.75) is 12.8 Å². The third-order valence-electron chi connectivity index (χ3n) is 5.22. The largest absolute Gasteiger partial charge is 0.481 e. The summed E-state index contributed by atoms with van der Waals surface area (Å²) in [6, 6.07) is 11.9. The number of fused-ring (bicyclic) bond motifs is 1. The van der Waals surface area contributed by atoms with Crippen LogP contribution in [0.5, 0.6) is 0 Å². The number of nitrogens with zero attached hydrogens (tertiary/aromatic N) is 1. The van der Waals surface area contributed by atoms with E-state index in [-0.39, 0.29) is 11.8 Å². The number of carboxylic acid groups (broad SMARTS) is 1. The second-order valence-electron chi connectivity index (χ2n) is 6.99. The van der Waals surface area contributed by atoms with E-state index < -0.39 is 11.8 Å². The van der Waals surface area contributed by atoms with Gasteiger partial charge in [-0.3, -0.25) is 9.59 Å². The summed E-state index contributed by atoms with van der Waals surface area (Å²) in [5, 5.41) is 14.9. The first-order valence-corrected chi connectivity index (χ1v) is 9.17. The van der Waals surface area contributed by atoms with Gasteiger partial charge in [-0.25, -0.2) is 4.39 Å². The first-order chi connectivity index (χ1) is 13.5. The van der Waals surface area contributed by atoms with Gasteiger partial charge in [0, 0.05) is 41.9 Å². The molecule has 2 aliphatic heterocycles. The van der Waals surface area contributed by atoms with Gasteiger partial charge in [0.05, 0.1) is 11.5 Å². The maximum atomic E-state index is 13.5. The van der Waals surface area contributed by atoms with Gasteiger partial charge in [0.2, 0.25) is 0 Å². The van der Waals surface area contributed by atoms with Crippen molar-refractivity contribution < 1.29 is 19.1 Å². The highest BCUT2D eigenvalue weighted by Crippen LogP contribution is 2.32. The zero-order chi connectivity index (χ0) is 19.7. The van der Waals surface area contributed by atoms with Crippen molar-refractivity contribution in [1.82, 2.24) is 0 Å². The molecule has 4 rings (SSSR count). The predicted octanol–water partition coefficient (Wildman–Crippen LogP) is 3.53. The molecule has 3 N–H and O–H groups in total. The second-order valence-corrected chi connectivity index (χ2v) is 6.99. The molecule has 2 aromatic rings. The second kappa shape index (κ2) is 7.34. The first-order valence-electron chi connectivity index (χ1n) is 9.17. The highest BCUT2D eigenvalue weighted by Gasteiger charge is 2.25. The lowest BCUT2D eigenvalue weighted by atomic mass is 9.97. The van der Waals surface area contributed by atoms with E-state index in [0.717, 1.165) is 24.5 Å². The van der Waals surface area contributed by atoms with Crippen molar-refractivity contribution >= 4 is 34.5 Å². The maximum absolute atomic E-state index is 13.5. The van der Waals surface area contributed by atoms with E-state index in [1.807, 2.05) is 24.3 Å². The summed E-state index contributed by atoms with van der Waals surface area (Å²) in [6.07, 6.45) is 2.87. The Morgan fingerprint density at radius 2 is 1.89 bits per heavy atom. The molecule has 0 aliphatic carbocycles. The average Bonchev–Trinajstić information content (AvgIpc) is 3.01. The predicted molar refractivity (Wildman–Crippen MR) is 106 cm³/mol. The van der Waals surface area contributed by atoms with Crippen molar-refractivity contribution in [2.24, 2.45) is 5.92 Å². The minimum absolute atomic E-state index is 0.255. The fourth-order valence-corrected chi connectivity index (χ4v) is 3.61. The lowest BCUT2D eigenvalue weighted by Crippen LogP contribution is -2.36. The van der Waals surface area contributed by atoms with E-state index in [2.05, 4.69) is 15.5 Å². The average molecular weight is 381 g/mol. The number of carbonyl (C=O) groups excluding carboxylic acids is 1. The van der Waals surface area contributed by atoms with E-state index in [9.17, 15) is 14.0 Å². The van der Waals surface area contributed by atoms with Crippen molar-refractivity contribution in [2.75, 3.05) is 28.6 Å². The van der Waals surface area contributed by atoms with Gasteiger partial charge in [-0.15, -0.1) is 0 Å². The SMILES string of the molecule is O=C1Nc2ccc(F)cc2C1=CNc1ccc(N2CCC(C(=O)O)CC2)cc1. The number of nitrogens with one attached hydrogen (secondary N) is 2. The van der Waals surface area contributed by atoms with Gasteiger partial charge < -0.3 is 20.6 Å². The van der Waals surface area contributed by atoms with Gasteiger partial charge >= 0.3 is 5.97 Å². The monoisotopic (exact) mass is 381 g/mol. The van der Waals surface area contributed by atoms with Gasteiger partial charge in [-0.1, -0.05) is 0 Å². The molecule has 0 saturated carbocycles. The van der Waals surface area contributed by atoms with Gasteiger partial charge in [0.15, 0.2) is 0 Å². The van der Waals surface area contributed by atoms with Crippen LogP contribution in [-0.4, -0.2) is 30.1 Å². The van der Waals surface area contributed by atoms with Crippen molar-refractivity contribution in [3.05, 3.63) is 60.0 Å². The number of hydrogen-bond donors (Lipinski definition) is 3. The van der Waals surface area contributed by atoms with Crippen LogP contribution in [0, 0.1) is 11.7 Å². The van der Waals surface area contributed by atoms with E-state index in [1.165, 1.54) is 12.1 Å². The van der Waals surface area contributed by atoms with E-state index in [1.54, 1.807) is 12.3 Å².